The highest BCUT2D eigenvalue weighted by atomic mass is 16.7. The minimum absolute atomic E-state index is 0.00188. The van der Waals surface area contributed by atoms with Crippen molar-refractivity contribution in [2.75, 3.05) is 13.9 Å². The predicted molar refractivity (Wildman–Crippen MR) is 129 cm³/mol. The van der Waals surface area contributed by atoms with Gasteiger partial charge in [0.1, 0.15) is 12.2 Å². The van der Waals surface area contributed by atoms with Gasteiger partial charge in [-0.3, -0.25) is 4.79 Å². The fraction of sp³-hybridized carbons (Fsp3) is 0.577. The highest BCUT2D eigenvalue weighted by Gasteiger charge is 2.43. The van der Waals surface area contributed by atoms with E-state index in [0.717, 1.165) is 0 Å². The minimum atomic E-state index is -2.15. The van der Waals surface area contributed by atoms with Crippen molar-refractivity contribution in [3.63, 3.8) is 0 Å². The van der Waals surface area contributed by atoms with E-state index in [0.29, 0.717) is 28.4 Å². The van der Waals surface area contributed by atoms with Gasteiger partial charge in [-0.05, 0) is 52.7 Å². The molecule has 2 unspecified atom stereocenters. The number of rotatable bonds is 11. The van der Waals surface area contributed by atoms with E-state index in [1.165, 1.54) is 27.9 Å². The van der Waals surface area contributed by atoms with E-state index in [-0.39, 0.29) is 19.1 Å². The first-order valence-electron chi connectivity index (χ1n) is 11.8. The number of carbonyl (C=O) groups excluding carboxylic acids is 3. The number of esters is 3. The molecule has 1 aliphatic heterocycles. The van der Waals surface area contributed by atoms with Crippen LogP contribution in [0, 0.1) is 5.92 Å². The topological polar surface area (TPSA) is 127 Å². The number of hydrogen-bond donors (Lipinski definition) is 1. The quantitative estimate of drug-likeness (QED) is 0.269. The second-order valence-electron chi connectivity index (χ2n) is 9.24. The molecule has 0 spiro atoms. The summed E-state index contributed by atoms with van der Waals surface area (Å²) in [5.41, 5.74) is -1.38. The van der Waals surface area contributed by atoms with Crippen LogP contribution in [0.5, 0.6) is 17.2 Å². The molecule has 0 aromatic heterocycles. The third-order valence-corrected chi connectivity index (χ3v) is 5.81. The van der Waals surface area contributed by atoms with Crippen LogP contribution < -0.4 is 14.2 Å². The molecule has 200 valence electrons. The first-order chi connectivity index (χ1) is 16.8. The second-order valence-corrected chi connectivity index (χ2v) is 9.24. The summed E-state index contributed by atoms with van der Waals surface area (Å²) in [5, 5.41) is 10.8. The van der Waals surface area contributed by atoms with E-state index >= 15 is 0 Å². The molecule has 0 aliphatic carbocycles. The molecule has 0 saturated carbocycles. The lowest BCUT2D eigenvalue weighted by molar-refractivity contribution is -0.193. The molecule has 36 heavy (non-hydrogen) atoms. The largest absolute Gasteiger partial charge is 0.493 e. The standard InChI is InChI=1S/C26H36O10/c1-9-15(4)24(28)36-22(18-11-19(31-8)23-20(12-18)32-13-33-23)16(5)34-25(29)26(7,30)17(6)35-21(27)10-14(2)3/h9,11-12,14,16-17,22,30H,10,13H2,1-8H3/b15-9-/t16-,17?,22-,26?/m0/s1. The molecule has 2 rings (SSSR count). The Hall–Kier alpha value is -3.27. The maximum absolute atomic E-state index is 13.0. The van der Waals surface area contributed by atoms with Crippen molar-refractivity contribution in [3.8, 4) is 17.2 Å². The second kappa shape index (κ2) is 12.1. The zero-order valence-corrected chi connectivity index (χ0v) is 22.1. The molecule has 10 heteroatoms. The van der Waals surface area contributed by atoms with Crippen LogP contribution in [0.3, 0.4) is 0 Å². The van der Waals surface area contributed by atoms with Gasteiger partial charge in [-0.25, -0.2) is 9.59 Å². The lowest BCUT2D eigenvalue weighted by atomic mass is 9.99. The molecule has 1 aromatic rings. The molecular formula is C26H36O10. The van der Waals surface area contributed by atoms with Crippen molar-refractivity contribution in [2.45, 2.75) is 78.8 Å². The molecule has 1 aliphatic rings. The third-order valence-electron chi connectivity index (χ3n) is 5.81. The number of benzene rings is 1. The molecule has 0 radical (unpaired) electrons. The molecule has 10 nitrogen and oxygen atoms in total. The Bertz CT molecular complexity index is 995. The van der Waals surface area contributed by atoms with Gasteiger partial charge in [0.2, 0.25) is 12.5 Å². The van der Waals surface area contributed by atoms with Crippen LogP contribution in [0.2, 0.25) is 0 Å². The van der Waals surface area contributed by atoms with Crippen molar-refractivity contribution < 1.29 is 47.9 Å². The van der Waals surface area contributed by atoms with Crippen LogP contribution in [0.15, 0.2) is 23.8 Å². The molecule has 4 atom stereocenters. The minimum Gasteiger partial charge on any atom is -0.493 e. The molecular weight excluding hydrogens is 472 g/mol. The van der Waals surface area contributed by atoms with Crippen molar-refractivity contribution in [2.24, 2.45) is 5.92 Å². The van der Waals surface area contributed by atoms with Gasteiger partial charge in [0.25, 0.3) is 0 Å². The van der Waals surface area contributed by atoms with Crippen LogP contribution in [0.1, 0.15) is 66.6 Å². The highest BCUT2D eigenvalue weighted by molar-refractivity contribution is 5.88. The number of fused-ring (bicyclic) bond motifs is 1. The molecule has 0 bridgehead atoms. The SMILES string of the molecule is C/C=C(/C)C(=O)O[C@H](c1cc(OC)c2c(c1)OCO2)[C@H](C)OC(=O)C(C)(O)C(C)OC(=O)CC(C)C. The summed E-state index contributed by atoms with van der Waals surface area (Å²) < 4.78 is 32.7. The van der Waals surface area contributed by atoms with Gasteiger partial charge < -0.3 is 33.5 Å². The Balaban J connectivity index is 2.31. The van der Waals surface area contributed by atoms with Crippen molar-refractivity contribution >= 4 is 17.9 Å². The van der Waals surface area contributed by atoms with Crippen molar-refractivity contribution in [3.05, 3.63) is 29.3 Å². The van der Waals surface area contributed by atoms with E-state index in [4.69, 9.17) is 28.4 Å². The zero-order valence-electron chi connectivity index (χ0n) is 22.1. The fourth-order valence-corrected chi connectivity index (χ4v) is 3.28. The monoisotopic (exact) mass is 508 g/mol. The number of allylic oxidation sites excluding steroid dienone is 1. The highest BCUT2D eigenvalue weighted by Crippen LogP contribution is 2.44. The predicted octanol–water partition coefficient (Wildman–Crippen LogP) is 3.63. The van der Waals surface area contributed by atoms with Gasteiger partial charge in [-0.2, -0.15) is 0 Å². The Morgan fingerprint density at radius 1 is 1.11 bits per heavy atom. The number of aliphatic hydroxyl groups is 1. The Morgan fingerprint density at radius 3 is 2.36 bits per heavy atom. The lowest BCUT2D eigenvalue weighted by Crippen LogP contribution is -2.49. The molecule has 1 aromatic carbocycles. The van der Waals surface area contributed by atoms with Gasteiger partial charge >= 0.3 is 17.9 Å². The first-order valence-corrected chi connectivity index (χ1v) is 11.8. The van der Waals surface area contributed by atoms with E-state index in [9.17, 15) is 19.5 Å². The summed E-state index contributed by atoms with van der Waals surface area (Å²) in [6, 6.07) is 3.20. The number of carbonyl (C=O) groups is 3. The lowest BCUT2D eigenvalue weighted by Gasteiger charge is -2.31. The maximum atomic E-state index is 13.0. The van der Waals surface area contributed by atoms with Gasteiger partial charge in [0.15, 0.2) is 23.2 Å². The van der Waals surface area contributed by atoms with Crippen LogP contribution in [0.25, 0.3) is 0 Å². The summed E-state index contributed by atoms with van der Waals surface area (Å²) in [5.74, 6) is -1.03. The van der Waals surface area contributed by atoms with Crippen LogP contribution in [0.4, 0.5) is 0 Å². The smallest absolute Gasteiger partial charge is 0.342 e. The number of methoxy groups -OCH3 is 1. The summed E-state index contributed by atoms with van der Waals surface area (Å²) >= 11 is 0. The fourth-order valence-electron chi connectivity index (χ4n) is 3.28. The van der Waals surface area contributed by atoms with E-state index < -0.39 is 41.8 Å². The summed E-state index contributed by atoms with van der Waals surface area (Å²) in [6.45, 7) is 11.1. The Labute approximate surface area is 211 Å². The van der Waals surface area contributed by atoms with Gasteiger partial charge in [0.05, 0.1) is 7.11 Å². The Kier molecular flexibility index (Phi) is 9.75. The van der Waals surface area contributed by atoms with Gasteiger partial charge in [0, 0.05) is 17.6 Å². The third kappa shape index (κ3) is 6.90. The van der Waals surface area contributed by atoms with Gasteiger partial charge in [-0.15, -0.1) is 0 Å². The molecule has 0 amide bonds. The van der Waals surface area contributed by atoms with Crippen LogP contribution in [-0.4, -0.2) is 54.7 Å². The van der Waals surface area contributed by atoms with Crippen molar-refractivity contribution in [1.82, 2.24) is 0 Å². The molecule has 0 fully saturated rings. The normalized spacial score (nSPS) is 17.0. The average molecular weight is 509 g/mol. The molecule has 1 heterocycles. The Morgan fingerprint density at radius 2 is 1.78 bits per heavy atom. The summed E-state index contributed by atoms with van der Waals surface area (Å²) in [6.07, 6.45) is -1.59. The number of hydrogen-bond acceptors (Lipinski definition) is 10. The first kappa shape index (κ1) is 29.0. The summed E-state index contributed by atoms with van der Waals surface area (Å²) in [7, 11) is 1.45. The summed E-state index contributed by atoms with van der Waals surface area (Å²) in [4.78, 5) is 37.6. The van der Waals surface area contributed by atoms with Crippen LogP contribution in [-0.2, 0) is 28.6 Å². The zero-order chi connectivity index (χ0) is 27.2. The van der Waals surface area contributed by atoms with E-state index in [1.54, 1.807) is 32.1 Å². The van der Waals surface area contributed by atoms with Crippen LogP contribution >= 0.6 is 0 Å². The maximum Gasteiger partial charge on any atom is 0.342 e. The molecule has 1 N–H and O–H groups in total. The van der Waals surface area contributed by atoms with E-state index in [2.05, 4.69) is 0 Å². The van der Waals surface area contributed by atoms with Gasteiger partial charge in [-0.1, -0.05) is 19.9 Å². The average Bonchev–Trinajstić information content (AvgIpc) is 3.29. The van der Waals surface area contributed by atoms with E-state index in [1.807, 2.05) is 13.8 Å². The molecule has 0 saturated heterocycles. The number of ether oxygens (including phenoxy) is 6. The van der Waals surface area contributed by atoms with Crippen molar-refractivity contribution in [1.29, 1.82) is 0 Å².